The lowest BCUT2D eigenvalue weighted by atomic mass is 10.2. The molecule has 27 heavy (non-hydrogen) atoms. The summed E-state index contributed by atoms with van der Waals surface area (Å²) in [4.78, 5) is 34.8. The molecule has 8 heteroatoms. The van der Waals surface area contributed by atoms with Crippen LogP contribution < -0.4 is 5.56 Å². The SMILES string of the molecule is CCN(Cc1cccs1)C(=O)Cn1cnc2scc(-c3cccs3)c2c1=O. The molecule has 0 spiro atoms. The van der Waals surface area contributed by atoms with Gasteiger partial charge in [0.05, 0.1) is 18.3 Å². The molecule has 138 valence electrons. The van der Waals surface area contributed by atoms with Gasteiger partial charge in [0.25, 0.3) is 5.56 Å². The number of hydrogen-bond acceptors (Lipinski definition) is 6. The lowest BCUT2D eigenvalue weighted by Gasteiger charge is -2.20. The summed E-state index contributed by atoms with van der Waals surface area (Å²) in [5.41, 5.74) is 0.736. The standard InChI is InChI=1S/C19H17N3O2S3/c1-2-21(9-13-5-3-7-25-13)16(23)10-22-12-20-18-17(19(22)24)14(11-27-18)15-6-4-8-26-15/h3-8,11-12H,2,9-10H2,1H3. The van der Waals surface area contributed by atoms with Crippen molar-refractivity contribution in [2.45, 2.75) is 20.0 Å². The quantitative estimate of drug-likeness (QED) is 0.472. The van der Waals surface area contributed by atoms with Gasteiger partial charge in [-0.3, -0.25) is 14.2 Å². The number of aromatic nitrogens is 2. The summed E-state index contributed by atoms with van der Waals surface area (Å²) < 4.78 is 1.42. The van der Waals surface area contributed by atoms with Crippen molar-refractivity contribution in [3.63, 3.8) is 0 Å². The molecular weight excluding hydrogens is 398 g/mol. The first kappa shape index (κ1) is 18.1. The number of thiophene rings is 3. The third kappa shape index (κ3) is 3.60. The van der Waals surface area contributed by atoms with Gasteiger partial charge in [-0.2, -0.15) is 0 Å². The molecule has 0 aromatic carbocycles. The molecule has 5 nitrogen and oxygen atoms in total. The molecule has 0 unspecified atom stereocenters. The predicted octanol–water partition coefficient (Wildman–Crippen LogP) is 4.30. The Balaban J connectivity index is 1.64. The van der Waals surface area contributed by atoms with Crippen molar-refractivity contribution in [2.24, 2.45) is 0 Å². The number of hydrogen-bond donors (Lipinski definition) is 0. The highest BCUT2D eigenvalue weighted by molar-refractivity contribution is 7.18. The zero-order chi connectivity index (χ0) is 18.8. The van der Waals surface area contributed by atoms with Crippen molar-refractivity contribution >= 4 is 50.1 Å². The Kier molecular flexibility index (Phi) is 5.20. The van der Waals surface area contributed by atoms with E-state index in [4.69, 9.17) is 0 Å². The van der Waals surface area contributed by atoms with Crippen molar-refractivity contribution in [2.75, 3.05) is 6.54 Å². The van der Waals surface area contributed by atoms with E-state index >= 15 is 0 Å². The summed E-state index contributed by atoms with van der Waals surface area (Å²) >= 11 is 4.67. The van der Waals surface area contributed by atoms with Gasteiger partial charge in [-0.1, -0.05) is 12.1 Å². The van der Waals surface area contributed by atoms with Crippen molar-refractivity contribution in [3.05, 3.63) is 62.0 Å². The van der Waals surface area contributed by atoms with E-state index in [0.717, 1.165) is 15.3 Å². The summed E-state index contributed by atoms with van der Waals surface area (Å²) in [5.74, 6) is -0.0814. The molecule has 0 saturated carbocycles. The Morgan fingerprint density at radius 1 is 1.19 bits per heavy atom. The highest BCUT2D eigenvalue weighted by Gasteiger charge is 2.18. The Labute approximate surface area is 168 Å². The van der Waals surface area contributed by atoms with E-state index in [1.165, 1.54) is 22.2 Å². The van der Waals surface area contributed by atoms with E-state index in [9.17, 15) is 9.59 Å². The van der Waals surface area contributed by atoms with Crippen LogP contribution in [0.2, 0.25) is 0 Å². The highest BCUT2D eigenvalue weighted by Crippen LogP contribution is 2.33. The minimum absolute atomic E-state index is 0.000710. The van der Waals surface area contributed by atoms with Gasteiger partial charge in [0, 0.05) is 27.2 Å². The van der Waals surface area contributed by atoms with Crippen molar-refractivity contribution < 1.29 is 4.79 Å². The van der Waals surface area contributed by atoms with Crippen LogP contribution in [0.15, 0.2) is 51.5 Å². The lowest BCUT2D eigenvalue weighted by molar-refractivity contribution is -0.132. The largest absolute Gasteiger partial charge is 0.336 e. The molecule has 4 aromatic heterocycles. The molecule has 0 atom stereocenters. The lowest BCUT2D eigenvalue weighted by Crippen LogP contribution is -2.36. The molecular formula is C19H17N3O2S3. The number of fused-ring (bicyclic) bond motifs is 1. The molecule has 0 bridgehead atoms. The van der Waals surface area contributed by atoms with Crippen LogP contribution in [-0.2, 0) is 17.9 Å². The topological polar surface area (TPSA) is 55.2 Å². The maximum atomic E-state index is 13.0. The van der Waals surface area contributed by atoms with Crippen molar-refractivity contribution in [1.29, 1.82) is 0 Å². The van der Waals surface area contributed by atoms with Crippen LogP contribution in [0.25, 0.3) is 20.7 Å². The maximum absolute atomic E-state index is 13.0. The molecule has 1 amide bonds. The molecule has 0 aliphatic heterocycles. The first-order valence-electron chi connectivity index (χ1n) is 8.48. The Hall–Kier alpha value is -2.29. The summed E-state index contributed by atoms with van der Waals surface area (Å²) in [5, 5.41) is 6.55. The Bertz CT molecular complexity index is 1110. The van der Waals surface area contributed by atoms with Crippen molar-refractivity contribution in [3.8, 4) is 10.4 Å². The van der Waals surface area contributed by atoms with Gasteiger partial charge < -0.3 is 4.90 Å². The number of nitrogens with zero attached hydrogens (tertiary/aromatic N) is 3. The minimum atomic E-state index is -0.162. The second kappa shape index (κ2) is 7.75. The predicted molar refractivity (Wildman–Crippen MR) is 113 cm³/mol. The molecule has 0 aliphatic rings. The van der Waals surface area contributed by atoms with Crippen LogP contribution in [0.3, 0.4) is 0 Å². The monoisotopic (exact) mass is 415 g/mol. The second-order valence-electron chi connectivity index (χ2n) is 5.97. The minimum Gasteiger partial charge on any atom is -0.336 e. The van der Waals surface area contributed by atoms with E-state index < -0.39 is 0 Å². The molecule has 0 aliphatic carbocycles. The average Bonchev–Trinajstić information content (AvgIpc) is 3.42. The highest BCUT2D eigenvalue weighted by atomic mass is 32.1. The van der Waals surface area contributed by atoms with Gasteiger partial charge in [-0.15, -0.1) is 34.0 Å². The molecule has 4 heterocycles. The van der Waals surface area contributed by atoms with Gasteiger partial charge >= 0.3 is 0 Å². The molecule has 0 N–H and O–H groups in total. The summed E-state index contributed by atoms with van der Waals surface area (Å²) in [6.07, 6.45) is 1.48. The number of amides is 1. The second-order valence-corrected chi connectivity index (χ2v) is 8.81. The molecule has 4 aromatic rings. The number of likely N-dealkylation sites (N-methyl/N-ethyl adjacent to an activating group) is 1. The molecule has 0 radical (unpaired) electrons. The summed E-state index contributed by atoms with van der Waals surface area (Å²) in [6.45, 7) is 3.11. The zero-order valence-corrected chi connectivity index (χ0v) is 17.1. The fraction of sp³-hybridized carbons (Fsp3) is 0.211. The smallest absolute Gasteiger partial charge is 0.263 e. The van der Waals surface area contributed by atoms with Crippen LogP contribution in [0.5, 0.6) is 0 Å². The third-order valence-electron chi connectivity index (χ3n) is 4.31. The number of carbonyl (C=O) groups excluding carboxylic acids is 1. The van der Waals surface area contributed by atoms with Crippen molar-refractivity contribution in [1.82, 2.24) is 14.5 Å². The van der Waals surface area contributed by atoms with Crippen LogP contribution in [-0.4, -0.2) is 26.9 Å². The van der Waals surface area contributed by atoms with Gasteiger partial charge in [-0.05, 0) is 29.8 Å². The first-order valence-corrected chi connectivity index (χ1v) is 11.1. The average molecular weight is 416 g/mol. The number of carbonyl (C=O) groups is 1. The van der Waals surface area contributed by atoms with Crippen LogP contribution in [0.4, 0.5) is 0 Å². The maximum Gasteiger partial charge on any atom is 0.263 e. The summed E-state index contributed by atoms with van der Waals surface area (Å²) in [6, 6.07) is 7.95. The van der Waals surface area contributed by atoms with E-state index in [2.05, 4.69) is 4.98 Å². The fourth-order valence-electron chi connectivity index (χ4n) is 2.91. The Morgan fingerprint density at radius 3 is 2.70 bits per heavy atom. The fourth-order valence-corrected chi connectivity index (χ4v) is 5.35. The summed E-state index contributed by atoms with van der Waals surface area (Å²) in [7, 11) is 0. The van der Waals surface area contributed by atoms with Gasteiger partial charge in [-0.25, -0.2) is 4.98 Å². The van der Waals surface area contributed by atoms with Gasteiger partial charge in [0.1, 0.15) is 11.4 Å². The van der Waals surface area contributed by atoms with Gasteiger partial charge in [0.15, 0.2) is 0 Å². The van der Waals surface area contributed by atoms with Crippen LogP contribution in [0, 0.1) is 0 Å². The molecule has 0 saturated heterocycles. The van der Waals surface area contributed by atoms with E-state index in [1.54, 1.807) is 27.6 Å². The zero-order valence-electron chi connectivity index (χ0n) is 14.6. The Morgan fingerprint density at radius 2 is 2.00 bits per heavy atom. The van der Waals surface area contributed by atoms with Crippen LogP contribution in [0.1, 0.15) is 11.8 Å². The van der Waals surface area contributed by atoms with E-state index in [-0.39, 0.29) is 18.0 Å². The molecule has 0 fully saturated rings. The van der Waals surface area contributed by atoms with Crippen LogP contribution >= 0.6 is 34.0 Å². The third-order valence-corrected chi connectivity index (χ3v) is 6.96. The van der Waals surface area contributed by atoms with E-state index in [1.807, 2.05) is 47.3 Å². The normalized spacial score (nSPS) is 11.1. The van der Waals surface area contributed by atoms with E-state index in [0.29, 0.717) is 23.3 Å². The molecule has 4 rings (SSSR count). The number of rotatable bonds is 6. The van der Waals surface area contributed by atoms with Gasteiger partial charge in [0.2, 0.25) is 5.91 Å². The first-order chi connectivity index (χ1) is 13.2.